The third-order valence-corrected chi connectivity index (χ3v) is 7.30. The van der Waals surface area contributed by atoms with Crippen LogP contribution in [0.25, 0.3) is 0 Å². The lowest BCUT2D eigenvalue weighted by atomic mass is 9.86. The molecule has 0 radical (unpaired) electrons. The Hall–Kier alpha value is -1.03. The van der Waals surface area contributed by atoms with Crippen molar-refractivity contribution < 1.29 is 22.7 Å². The van der Waals surface area contributed by atoms with Gasteiger partial charge in [-0.3, -0.25) is 4.90 Å². The van der Waals surface area contributed by atoms with Crippen LogP contribution in [0.1, 0.15) is 35.4 Å². The first-order valence-corrected chi connectivity index (χ1v) is 11.4. The molecule has 1 saturated heterocycles. The van der Waals surface area contributed by atoms with Crippen LogP contribution < -0.4 is 0 Å². The number of hydrogen-bond donors (Lipinski definition) is 1. The van der Waals surface area contributed by atoms with Crippen molar-refractivity contribution >= 4 is 36.6 Å². The van der Waals surface area contributed by atoms with Gasteiger partial charge in [0.25, 0.3) is 0 Å². The Morgan fingerprint density at radius 2 is 1.55 bits per heavy atom. The van der Waals surface area contributed by atoms with E-state index in [1.807, 2.05) is 0 Å². The minimum absolute atomic E-state index is 0. The van der Waals surface area contributed by atoms with Crippen molar-refractivity contribution in [3.05, 3.63) is 58.9 Å². The molecule has 2 aromatic rings. The zero-order chi connectivity index (χ0) is 22.0. The summed E-state index contributed by atoms with van der Waals surface area (Å²) in [5.41, 5.74) is 0.958. The summed E-state index contributed by atoms with van der Waals surface area (Å²) in [5.74, 6) is -0.508. The van der Waals surface area contributed by atoms with E-state index in [-0.39, 0.29) is 43.2 Å². The number of aliphatic hydroxyl groups excluding tert-OH is 1. The Morgan fingerprint density at radius 1 is 0.879 bits per heavy atom. The maximum Gasteiger partial charge on any atom is 0.416 e. The van der Waals surface area contributed by atoms with Crippen molar-refractivity contribution in [2.45, 2.75) is 34.7 Å². The first-order chi connectivity index (χ1) is 14.8. The summed E-state index contributed by atoms with van der Waals surface area (Å²) < 4.78 is 53.8. The zero-order valence-electron chi connectivity index (χ0n) is 18.0. The average molecular weight is 527 g/mol. The highest BCUT2D eigenvalue weighted by atomic mass is 35.5. The highest BCUT2D eigenvalue weighted by molar-refractivity contribution is 7.99. The molecule has 0 aromatic heterocycles. The van der Waals surface area contributed by atoms with Gasteiger partial charge in [-0.25, -0.2) is 4.39 Å². The van der Waals surface area contributed by atoms with E-state index in [0.29, 0.717) is 18.5 Å². The first-order valence-electron chi connectivity index (χ1n) is 10.6. The second kappa shape index (κ2) is 12.1. The van der Waals surface area contributed by atoms with Gasteiger partial charge in [0.2, 0.25) is 0 Å². The third-order valence-electron chi connectivity index (χ3n) is 6.13. The van der Waals surface area contributed by atoms with Crippen LogP contribution in [0, 0.1) is 5.82 Å². The van der Waals surface area contributed by atoms with Gasteiger partial charge in [0.15, 0.2) is 0 Å². The molecule has 10 heteroatoms. The molecule has 2 aliphatic heterocycles. The number of fused-ring (bicyclic) bond motifs is 2. The second-order valence-electron chi connectivity index (χ2n) is 8.14. The van der Waals surface area contributed by atoms with Gasteiger partial charge in [-0.15, -0.1) is 24.8 Å². The maximum atomic E-state index is 13.8. The van der Waals surface area contributed by atoms with Gasteiger partial charge in [-0.2, -0.15) is 13.2 Å². The number of aliphatic hydroxyl groups is 1. The minimum Gasteiger partial charge on any atom is -0.395 e. The number of hydrogen-bond acceptors (Lipinski definition) is 4. The van der Waals surface area contributed by atoms with Crippen molar-refractivity contribution in [3.63, 3.8) is 0 Å². The van der Waals surface area contributed by atoms with Crippen LogP contribution in [-0.4, -0.2) is 60.8 Å². The Morgan fingerprint density at radius 3 is 2.18 bits per heavy atom. The van der Waals surface area contributed by atoms with E-state index in [1.54, 1.807) is 6.07 Å². The fourth-order valence-electron chi connectivity index (χ4n) is 4.47. The van der Waals surface area contributed by atoms with E-state index in [0.717, 1.165) is 60.6 Å². The molecule has 0 spiro atoms. The van der Waals surface area contributed by atoms with E-state index in [4.69, 9.17) is 5.11 Å². The normalized spacial score (nSPS) is 18.6. The topological polar surface area (TPSA) is 26.7 Å². The molecule has 1 N–H and O–H groups in total. The minimum atomic E-state index is -4.39. The summed E-state index contributed by atoms with van der Waals surface area (Å²) in [6, 6.07) is 8.49. The molecule has 3 nitrogen and oxygen atoms in total. The highest BCUT2D eigenvalue weighted by Gasteiger charge is 2.34. The van der Waals surface area contributed by atoms with Crippen molar-refractivity contribution in [3.8, 4) is 0 Å². The smallest absolute Gasteiger partial charge is 0.395 e. The van der Waals surface area contributed by atoms with Crippen molar-refractivity contribution in [1.82, 2.24) is 9.80 Å². The number of rotatable bonds is 6. The van der Waals surface area contributed by atoms with Gasteiger partial charge in [0, 0.05) is 48.4 Å². The van der Waals surface area contributed by atoms with Gasteiger partial charge in [-0.05, 0) is 60.8 Å². The van der Waals surface area contributed by atoms with Crippen molar-refractivity contribution in [2.75, 3.05) is 45.9 Å². The molecule has 184 valence electrons. The van der Waals surface area contributed by atoms with Crippen LogP contribution in [0.5, 0.6) is 0 Å². The monoisotopic (exact) mass is 526 g/mol. The standard InChI is InChI=1S/C23H26F4N2OS.2ClH/c24-17-4-5-19-18(2-1-7-28-8-10-29(11-9-28)12-13-30)20-14-16(23(25,26)27)3-6-21(20)31-22(19)15-17;;/h3-6,14-15,18,30H,1-2,7-13H2;2*1H. The molecule has 0 saturated carbocycles. The van der Waals surface area contributed by atoms with Crippen LogP contribution in [0.4, 0.5) is 17.6 Å². The number of halogens is 6. The lowest BCUT2D eigenvalue weighted by Gasteiger charge is -2.35. The number of nitrogens with zero attached hydrogens (tertiary/aromatic N) is 2. The lowest BCUT2D eigenvalue weighted by Crippen LogP contribution is -2.47. The number of piperazine rings is 1. The predicted molar refractivity (Wildman–Crippen MR) is 128 cm³/mol. The first kappa shape index (κ1) is 28.2. The summed E-state index contributed by atoms with van der Waals surface area (Å²) in [6.07, 6.45) is -2.83. The van der Waals surface area contributed by atoms with Gasteiger partial charge >= 0.3 is 6.18 Å². The Kier molecular flexibility index (Phi) is 10.3. The van der Waals surface area contributed by atoms with Crippen molar-refractivity contribution in [1.29, 1.82) is 0 Å². The Balaban J connectivity index is 0.00000193. The summed E-state index contributed by atoms with van der Waals surface area (Å²) in [6.45, 7) is 5.43. The quantitative estimate of drug-likeness (QED) is 0.490. The SMILES string of the molecule is Cl.Cl.OCCN1CCN(CCCC2c3ccc(F)cc3Sc3ccc(C(F)(F)F)cc32)CC1. The molecular formula is C23H28Cl2F4N2OS. The van der Waals surface area contributed by atoms with E-state index in [1.165, 1.54) is 36.0 Å². The lowest BCUT2D eigenvalue weighted by molar-refractivity contribution is -0.137. The molecule has 0 bridgehead atoms. The molecular weight excluding hydrogens is 499 g/mol. The molecule has 2 heterocycles. The largest absolute Gasteiger partial charge is 0.416 e. The van der Waals surface area contributed by atoms with E-state index >= 15 is 0 Å². The summed E-state index contributed by atoms with van der Waals surface area (Å²) >= 11 is 1.34. The number of β-amino-alcohol motifs (C(OH)–C–C–N with tert-alkyl or cyclic N) is 1. The molecule has 2 aromatic carbocycles. The molecule has 1 fully saturated rings. The zero-order valence-corrected chi connectivity index (χ0v) is 20.4. The molecule has 0 aliphatic carbocycles. The highest BCUT2D eigenvalue weighted by Crippen LogP contribution is 2.49. The molecule has 0 amide bonds. The van der Waals surface area contributed by atoms with E-state index in [2.05, 4.69) is 9.80 Å². The molecule has 1 unspecified atom stereocenters. The number of alkyl halides is 3. The summed E-state index contributed by atoms with van der Waals surface area (Å²) in [5, 5.41) is 9.07. The predicted octanol–water partition coefficient (Wildman–Crippen LogP) is 5.67. The van der Waals surface area contributed by atoms with Crippen LogP contribution >= 0.6 is 36.6 Å². The van der Waals surface area contributed by atoms with Gasteiger partial charge < -0.3 is 10.0 Å². The van der Waals surface area contributed by atoms with Gasteiger partial charge in [0.1, 0.15) is 5.82 Å². The Bertz CT molecular complexity index is 924. The van der Waals surface area contributed by atoms with Gasteiger partial charge in [-0.1, -0.05) is 17.8 Å². The summed E-state index contributed by atoms with van der Waals surface area (Å²) in [4.78, 5) is 6.15. The maximum absolute atomic E-state index is 13.8. The second-order valence-corrected chi connectivity index (χ2v) is 9.22. The molecule has 33 heavy (non-hydrogen) atoms. The Labute approximate surface area is 208 Å². The molecule has 4 rings (SSSR count). The third kappa shape index (κ3) is 6.77. The van der Waals surface area contributed by atoms with Crippen LogP contribution in [0.15, 0.2) is 46.2 Å². The fraction of sp³-hybridized carbons (Fsp3) is 0.478. The van der Waals surface area contributed by atoms with E-state index in [9.17, 15) is 17.6 Å². The van der Waals surface area contributed by atoms with Crippen LogP contribution in [0.3, 0.4) is 0 Å². The molecule has 1 atom stereocenters. The van der Waals surface area contributed by atoms with Crippen LogP contribution in [0.2, 0.25) is 0 Å². The average Bonchev–Trinajstić information content (AvgIpc) is 2.73. The van der Waals surface area contributed by atoms with Crippen molar-refractivity contribution in [2.24, 2.45) is 0 Å². The van der Waals surface area contributed by atoms with E-state index < -0.39 is 11.7 Å². The van der Waals surface area contributed by atoms with Gasteiger partial charge in [0.05, 0.1) is 12.2 Å². The van der Waals surface area contributed by atoms with Crippen LogP contribution in [-0.2, 0) is 6.18 Å². The summed E-state index contributed by atoms with van der Waals surface area (Å²) in [7, 11) is 0. The fourth-order valence-corrected chi connectivity index (χ4v) is 5.66. The molecule has 2 aliphatic rings. The number of benzene rings is 2.